The first kappa shape index (κ1) is 17.5. The number of nitrogens with one attached hydrogen (secondary N) is 1. The van der Waals surface area contributed by atoms with Crippen LogP contribution in [0.4, 0.5) is 13.2 Å². The van der Waals surface area contributed by atoms with Gasteiger partial charge >= 0.3 is 6.18 Å². The maximum Gasteiger partial charge on any atom is 0.417 e. The van der Waals surface area contributed by atoms with Crippen molar-refractivity contribution in [3.05, 3.63) is 70.5 Å². The number of fused-ring (bicyclic) bond motifs is 2. The molecule has 0 bridgehead atoms. The summed E-state index contributed by atoms with van der Waals surface area (Å²) in [6.45, 7) is 0. The van der Waals surface area contributed by atoms with Gasteiger partial charge in [0.2, 0.25) is 0 Å². The second-order valence-electron chi connectivity index (χ2n) is 6.63. The lowest BCUT2D eigenvalue weighted by molar-refractivity contribution is -0.137. The van der Waals surface area contributed by atoms with Crippen LogP contribution in [0, 0.1) is 5.92 Å². The molecule has 1 N–H and O–H groups in total. The van der Waals surface area contributed by atoms with Crippen LogP contribution >= 0.6 is 0 Å². The number of nitrogens with zero attached hydrogens (tertiary/aromatic N) is 1. The molecule has 2 amide bonds. The fourth-order valence-corrected chi connectivity index (χ4v) is 3.75. The molecule has 0 aromatic heterocycles. The number of hydrogen-bond donors (Lipinski definition) is 1. The zero-order chi connectivity index (χ0) is 19.2. The van der Waals surface area contributed by atoms with E-state index in [1.807, 2.05) is 6.08 Å². The summed E-state index contributed by atoms with van der Waals surface area (Å²) in [5.74, 6) is -1.18. The minimum Gasteiger partial charge on any atom is -0.325 e. The van der Waals surface area contributed by atoms with E-state index in [1.165, 1.54) is 12.1 Å². The normalized spacial score (nSPS) is 23.1. The first-order valence-corrected chi connectivity index (χ1v) is 8.57. The fourth-order valence-electron chi connectivity index (χ4n) is 3.75. The Balaban J connectivity index is 1.65. The van der Waals surface area contributed by atoms with Gasteiger partial charge in [-0.3, -0.25) is 9.59 Å². The third-order valence-electron chi connectivity index (χ3n) is 4.96. The van der Waals surface area contributed by atoms with Crippen LogP contribution in [-0.2, 0) is 11.0 Å². The molecule has 3 aliphatic rings. The number of rotatable bonds is 1. The zero-order valence-corrected chi connectivity index (χ0v) is 14.1. The number of carbonyl (C=O) groups excluding carboxylic acids is 2. The SMILES string of the molecule is O=C1NC2=CC(=NC(=O)c3ccccc3C(F)(F)F)C=CC2C2=C1CCC2. The molecule has 7 heteroatoms. The highest BCUT2D eigenvalue weighted by molar-refractivity contribution is 6.14. The van der Waals surface area contributed by atoms with Gasteiger partial charge in [-0.2, -0.15) is 13.2 Å². The van der Waals surface area contributed by atoms with Crippen LogP contribution < -0.4 is 5.32 Å². The van der Waals surface area contributed by atoms with Crippen LogP contribution in [0.5, 0.6) is 0 Å². The fraction of sp³-hybridized carbons (Fsp3) is 0.250. The van der Waals surface area contributed by atoms with Gasteiger partial charge in [-0.05, 0) is 49.1 Å². The van der Waals surface area contributed by atoms with Crippen molar-refractivity contribution in [3.8, 4) is 0 Å². The lowest BCUT2D eigenvalue weighted by Gasteiger charge is -2.28. The van der Waals surface area contributed by atoms with Gasteiger partial charge in [0.25, 0.3) is 11.8 Å². The number of amides is 2. The minimum absolute atomic E-state index is 0.0586. The molecular formula is C20H15F3N2O2. The van der Waals surface area contributed by atoms with Crippen molar-refractivity contribution in [2.45, 2.75) is 25.4 Å². The van der Waals surface area contributed by atoms with Crippen LogP contribution in [0.25, 0.3) is 0 Å². The Hall–Kier alpha value is -2.96. The van der Waals surface area contributed by atoms with E-state index in [0.717, 1.165) is 42.5 Å². The summed E-state index contributed by atoms with van der Waals surface area (Å²) in [6, 6.07) is 4.55. The van der Waals surface area contributed by atoms with E-state index in [4.69, 9.17) is 0 Å². The van der Waals surface area contributed by atoms with Crippen LogP contribution in [0.2, 0.25) is 0 Å². The molecular weight excluding hydrogens is 357 g/mol. The highest BCUT2D eigenvalue weighted by atomic mass is 19.4. The maximum atomic E-state index is 13.1. The molecule has 0 spiro atoms. The van der Waals surface area contributed by atoms with E-state index in [1.54, 1.807) is 12.2 Å². The quantitative estimate of drug-likeness (QED) is 0.811. The standard InChI is InChI=1S/C20H15F3N2O2/c21-20(22,23)16-7-2-1-4-15(16)19(27)24-11-8-9-13-12-5-3-6-14(12)18(26)25-17(13)10-11/h1-2,4,7-10,13H,3,5-6H2,(H,25,26). The molecule has 0 radical (unpaired) electrons. The lowest BCUT2D eigenvalue weighted by Crippen LogP contribution is -2.35. The monoisotopic (exact) mass is 372 g/mol. The van der Waals surface area contributed by atoms with Gasteiger partial charge in [0.15, 0.2) is 0 Å². The largest absolute Gasteiger partial charge is 0.417 e. The van der Waals surface area contributed by atoms with Crippen molar-refractivity contribution in [1.29, 1.82) is 0 Å². The van der Waals surface area contributed by atoms with Crippen LogP contribution in [0.15, 0.2) is 64.3 Å². The average molecular weight is 372 g/mol. The molecule has 138 valence electrons. The van der Waals surface area contributed by atoms with E-state index in [2.05, 4.69) is 10.3 Å². The molecule has 1 atom stereocenters. The van der Waals surface area contributed by atoms with Crippen LogP contribution in [-0.4, -0.2) is 17.5 Å². The van der Waals surface area contributed by atoms with Crippen molar-refractivity contribution in [1.82, 2.24) is 5.32 Å². The predicted molar refractivity (Wildman–Crippen MR) is 92.9 cm³/mol. The number of allylic oxidation sites excluding steroid dienone is 3. The van der Waals surface area contributed by atoms with E-state index >= 15 is 0 Å². The Morgan fingerprint density at radius 1 is 1.19 bits per heavy atom. The third-order valence-corrected chi connectivity index (χ3v) is 4.96. The van der Waals surface area contributed by atoms with Crippen molar-refractivity contribution >= 4 is 17.5 Å². The maximum absolute atomic E-state index is 13.1. The van der Waals surface area contributed by atoms with Crippen LogP contribution in [0.3, 0.4) is 0 Å². The summed E-state index contributed by atoms with van der Waals surface area (Å²) in [6.07, 6.45) is 2.90. The second kappa shape index (κ2) is 6.33. The van der Waals surface area contributed by atoms with Gasteiger partial charge in [0, 0.05) is 17.2 Å². The van der Waals surface area contributed by atoms with Gasteiger partial charge in [0.1, 0.15) is 0 Å². The summed E-state index contributed by atoms with van der Waals surface area (Å²) in [5, 5.41) is 2.81. The lowest BCUT2D eigenvalue weighted by atomic mass is 9.85. The predicted octanol–water partition coefficient (Wildman–Crippen LogP) is 3.97. The number of alkyl halides is 3. The molecule has 0 fully saturated rings. The van der Waals surface area contributed by atoms with E-state index in [-0.39, 0.29) is 17.5 Å². The molecule has 1 aromatic carbocycles. The first-order valence-electron chi connectivity index (χ1n) is 8.57. The molecule has 0 saturated heterocycles. The van der Waals surface area contributed by atoms with Crippen molar-refractivity contribution in [3.63, 3.8) is 0 Å². The number of carbonyl (C=O) groups is 2. The molecule has 2 aliphatic carbocycles. The van der Waals surface area contributed by atoms with Crippen LogP contribution in [0.1, 0.15) is 35.2 Å². The molecule has 27 heavy (non-hydrogen) atoms. The Bertz CT molecular complexity index is 968. The second-order valence-corrected chi connectivity index (χ2v) is 6.63. The molecule has 1 aliphatic heterocycles. The molecule has 1 heterocycles. The van der Waals surface area contributed by atoms with E-state index < -0.39 is 23.2 Å². The Labute approximate surface area is 153 Å². The Morgan fingerprint density at radius 2 is 1.96 bits per heavy atom. The van der Waals surface area contributed by atoms with E-state index in [9.17, 15) is 22.8 Å². The highest BCUT2D eigenvalue weighted by Gasteiger charge is 2.36. The molecule has 4 nitrogen and oxygen atoms in total. The summed E-state index contributed by atoms with van der Waals surface area (Å²) in [5.41, 5.74) is 1.20. The molecule has 4 rings (SSSR count). The minimum atomic E-state index is -4.64. The number of hydrogen-bond acceptors (Lipinski definition) is 2. The average Bonchev–Trinajstić information content (AvgIpc) is 3.11. The van der Waals surface area contributed by atoms with Gasteiger partial charge in [0.05, 0.1) is 16.8 Å². The number of halogens is 3. The van der Waals surface area contributed by atoms with E-state index in [0.29, 0.717) is 5.70 Å². The van der Waals surface area contributed by atoms with Crippen molar-refractivity contribution in [2.24, 2.45) is 10.9 Å². The molecule has 0 saturated carbocycles. The molecule has 1 unspecified atom stereocenters. The summed E-state index contributed by atoms with van der Waals surface area (Å²) in [4.78, 5) is 28.3. The topological polar surface area (TPSA) is 58.5 Å². The zero-order valence-electron chi connectivity index (χ0n) is 14.1. The van der Waals surface area contributed by atoms with Crippen molar-refractivity contribution in [2.75, 3.05) is 0 Å². The van der Waals surface area contributed by atoms with Gasteiger partial charge in [-0.1, -0.05) is 18.2 Å². The van der Waals surface area contributed by atoms with Gasteiger partial charge in [-0.15, -0.1) is 0 Å². The smallest absolute Gasteiger partial charge is 0.325 e. The van der Waals surface area contributed by atoms with Gasteiger partial charge < -0.3 is 5.32 Å². The highest BCUT2D eigenvalue weighted by Crippen LogP contribution is 2.39. The van der Waals surface area contributed by atoms with Crippen molar-refractivity contribution < 1.29 is 22.8 Å². The first-order chi connectivity index (χ1) is 12.8. The van der Waals surface area contributed by atoms with Gasteiger partial charge in [-0.25, -0.2) is 4.99 Å². The molecule has 1 aromatic rings. The summed E-state index contributed by atoms with van der Waals surface area (Å²) >= 11 is 0. The Morgan fingerprint density at radius 3 is 2.74 bits per heavy atom. The Kier molecular flexibility index (Phi) is 4.09. The third kappa shape index (κ3) is 3.13. The summed E-state index contributed by atoms with van der Waals surface area (Å²) in [7, 11) is 0. The number of aliphatic imine (C=N–C) groups is 1. The number of benzene rings is 1. The summed E-state index contributed by atoms with van der Waals surface area (Å²) < 4.78 is 39.3.